The number of imidazole rings is 1. The molecular formula is C19H23F3N4S. The lowest BCUT2D eigenvalue weighted by Gasteiger charge is -2.34. The summed E-state index contributed by atoms with van der Waals surface area (Å²) in [7, 11) is 0. The molecule has 0 saturated heterocycles. The topological polar surface area (TPSA) is 35.2 Å². The number of aromatic amines is 1. The van der Waals surface area contributed by atoms with Gasteiger partial charge in [0.25, 0.3) is 0 Å². The highest BCUT2D eigenvalue weighted by atomic mass is 32.2. The molecule has 1 aromatic heterocycles. The molecule has 1 atom stereocenters. The molecule has 146 valence electrons. The van der Waals surface area contributed by atoms with Gasteiger partial charge in [-0.15, -0.1) is 0 Å². The van der Waals surface area contributed by atoms with Crippen molar-refractivity contribution in [2.24, 2.45) is 5.92 Å². The summed E-state index contributed by atoms with van der Waals surface area (Å²) >= 11 is 0.00475. The Kier molecular flexibility index (Phi) is 5.36. The monoisotopic (exact) mass is 396 g/mol. The van der Waals surface area contributed by atoms with E-state index in [1.807, 2.05) is 24.3 Å². The molecule has 8 heteroatoms. The first-order valence-corrected chi connectivity index (χ1v) is 10.1. The summed E-state index contributed by atoms with van der Waals surface area (Å²) in [6.07, 6.45) is 7.92. The van der Waals surface area contributed by atoms with Crippen LogP contribution in [-0.4, -0.2) is 32.4 Å². The molecule has 1 saturated carbocycles. The lowest BCUT2D eigenvalue weighted by Crippen LogP contribution is -2.40. The Labute approximate surface area is 161 Å². The number of rotatable bonds is 6. The van der Waals surface area contributed by atoms with Gasteiger partial charge in [-0.05, 0) is 30.4 Å². The van der Waals surface area contributed by atoms with Gasteiger partial charge >= 0.3 is 5.51 Å². The van der Waals surface area contributed by atoms with E-state index in [0.717, 1.165) is 35.7 Å². The van der Waals surface area contributed by atoms with Crippen molar-refractivity contribution >= 4 is 17.6 Å². The van der Waals surface area contributed by atoms with Crippen LogP contribution in [0.15, 0.2) is 36.8 Å². The highest BCUT2D eigenvalue weighted by Gasteiger charge is 2.37. The van der Waals surface area contributed by atoms with Crippen LogP contribution in [0.3, 0.4) is 0 Å². The highest BCUT2D eigenvalue weighted by Crippen LogP contribution is 2.40. The lowest BCUT2D eigenvalue weighted by atomic mass is 10.1. The Morgan fingerprint density at radius 2 is 2.00 bits per heavy atom. The molecule has 0 bridgehead atoms. The van der Waals surface area contributed by atoms with Crippen LogP contribution in [0.5, 0.6) is 0 Å². The first kappa shape index (κ1) is 18.7. The molecular weight excluding hydrogens is 373 g/mol. The number of aromatic nitrogens is 2. The van der Waals surface area contributed by atoms with E-state index in [1.165, 1.54) is 17.1 Å². The molecule has 1 aromatic carbocycles. The fourth-order valence-electron chi connectivity index (χ4n) is 3.78. The zero-order valence-corrected chi connectivity index (χ0v) is 15.8. The number of hydrogen-bond acceptors (Lipinski definition) is 4. The van der Waals surface area contributed by atoms with Crippen LogP contribution in [0, 0.1) is 5.92 Å². The molecule has 0 spiro atoms. The van der Waals surface area contributed by atoms with Gasteiger partial charge in [-0.25, -0.2) is 9.29 Å². The lowest BCUT2D eigenvalue weighted by molar-refractivity contribution is -0.0364. The fourth-order valence-corrected chi connectivity index (χ4v) is 4.52. The van der Waals surface area contributed by atoms with Gasteiger partial charge in [-0.2, -0.15) is 13.2 Å². The number of halogens is 3. The molecule has 1 fully saturated rings. The van der Waals surface area contributed by atoms with E-state index in [-0.39, 0.29) is 18.0 Å². The minimum atomic E-state index is -4.27. The maximum atomic E-state index is 13.1. The van der Waals surface area contributed by atoms with Crippen LogP contribution in [0.25, 0.3) is 0 Å². The van der Waals surface area contributed by atoms with Crippen LogP contribution in [0.2, 0.25) is 0 Å². The van der Waals surface area contributed by atoms with Gasteiger partial charge in [0.05, 0.1) is 18.6 Å². The van der Waals surface area contributed by atoms with Crippen LogP contribution >= 0.6 is 11.9 Å². The Balaban J connectivity index is 1.64. The SMILES string of the molecule is FC(F)(F)SN1Cc2ccccc2N(Cc2cnc[nH]2)C(CCC2CC2)C1. The Bertz CT molecular complexity index is 746. The van der Waals surface area contributed by atoms with Gasteiger partial charge in [-0.1, -0.05) is 31.0 Å². The van der Waals surface area contributed by atoms with Crippen molar-refractivity contribution in [3.63, 3.8) is 0 Å². The van der Waals surface area contributed by atoms with Crippen molar-refractivity contribution in [1.29, 1.82) is 0 Å². The van der Waals surface area contributed by atoms with E-state index in [9.17, 15) is 13.2 Å². The Hall–Kier alpha value is -1.67. The van der Waals surface area contributed by atoms with E-state index in [0.29, 0.717) is 19.6 Å². The molecule has 0 amide bonds. The summed E-state index contributed by atoms with van der Waals surface area (Å²) < 4.78 is 40.8. The van der Waals surface area contributed by atoms with Crippen molar-refractivity contribution in [1.82, 2.24) is 14.3 Å². The average Bonchev–Trinajstić information content (AvgIpc) is 3.32. The third kappa shape index (κ3) is 4.99. The van der Waals surface area contributed by atoms with Crippen LogP contribution in [0.4, 0.5) is 18.9 Å². The summed E-state index contributed by atoms with van der Waals surface area (Å²) in [5, 5.41) is 0. The van der Waals surface area contributed by atoms with Crippen molar-refractivity contribution < 1.29 is 13.2 Å². The van der Waals surface area contributed by atoms with Crippen LogP contribution in [-0.2, 0) is 13.1 Å². The predicted molar refractivity (Wildman–Crippen MR) is 101 cm³/mol. The van der Waals surface area contributed by atoms with Crippen LogP contribution < -0.4 is 4.90 Å². The maximum Gasteiger partial charge on any atom is 0.456 e. The van der Waals surface area contributed by atoms with Gasteiger partial charge in [0.2, 0.25) is 0 Å². The van der Waals surface area contributed by atoms with E-state index in [1.54, 1.807) is 12.5 Å². The molecule has 2 aliphatic rings. The molecule has 4 rings (SSSR count). The summed E-state index contributed by atoms with van der Waals surface area (Å²) in [4.78, 5) is 9.49. The number of H-pyrrole nitrogens is 1. The van der Waals surface area contributed by atoms with Crippen molar-refractivity contribution in [2.75, 3.05) is 11.4 Å². The third-order valence-electron chi connectivity index (χ3n) is 5.24. The van der Waals surface area contributed by atoms with Gasteiger partial charge in [0, 0.05) is 43.0 Å². The summed E-state index contributed by atoms with van der Waals surface area (Å²) in [6.45, 7) is 1.30. The number of para-hydroxylation sites is 1. The molecule has 2 aromatic rings. The second-order valence-corrected chi connectivity index (χ2v) is 8.53. The number of nitrogens with zero attached hydrogens (tertiary/aromatic N) is 3. The molecule has 1 aliphatic heterocycles. The Morgan fingerprint density at radius 3 is 2.70 bits per heavy atom. The van der Waals surface area contributed by atoms with Gasteiger partial charge in [0.15, 0.2) is 0 Å². The number of benzene rings is 1. The first-order valence-electron chi connectivity index (χ1n) is 9.30. The molecule has 2 heterocycles. The van der Waals surface area contributed by atoms with Gasteiger partial charge in [0.1, 0.15) is 0 Å². The van der Waals surface area contributed by atoms with Gasteiger partial charge < -0.3 is 9.88 Å². The number of nitrogens with one attached hydrogen (secondary N) is 1. The summed E-state index contributed by atoms with van der Waals surface area (Å²) in [6, 6.07) is 7.85. The third-order valence-corrected chi connectivity index (χ3v) is 5.98. The number of anilines is 1. The molecule has 1 unspecified atom stereocenters. The molecule has 1 aliphatic carbocycles. The second kappa shape index (κ2) is 7.75. The smallest absolute Gasteiger partial charge is 0.361 e. The van der Waals surface area contributed by atoms with E-state index < -0.39 is 5.51 Å². The highest BCUT2D eigenvalue weighted by molar-refractivity contribution is 7.97. The van der Waals surface area contributed by atoms with Crippen molar-refractivity contribution in [3.05, 3.63) is 48.0 Å². The molecule has 1 N–H and O–H groups in total. The quantitative estimate of drug-likeness (QED) is 0.700. The maximum absolute atomic E-state index is 13.1. The minimum Gasteiger partial charge on any atom is -0.361 e. The van der Waals surface area contributed by atoms with Crippen LogP contribution in [0.1, 0.15) is 36.9 Å². The number of hydrogen-bond donors (Lipinski definition) is 1. The Morgan fingerprint density at radius 1 is 1.19 bits per heavy atom. The molecule has 27 heavy (non-hydrogen) atoms. The summed E-state index contributed by atoms with van der Waals surface area (Å²) in [5.74, 6) is 0.751. The number of fused-ring (bicyclic) bond motifs is 1. The minimum absolute atomic E-state index is 0.00475. The van der Waals surface area contributed by atoms with E-state index in [2.05, 4.69) is 14.9 Å². The van der Waals surface area contributed by atoms with Gasteiger partial charge in [-0.3, -0.25) is 0 Å². The largest absolute Gasteiger partial charge is 0.456 e. The molecule has 0 radical (unpaired) electrons. The second-order valence-electron chi connectivity index (χ2n) is 7.37. The molecule has 4 nitrogen and oxygen atoms in total. The average molecular weight is 396 g/mol. The summed E-state index contributed by atoms with van der Waals surface area (Å²) in [5.41, 5.74) is -1.34. The predicted octanol–water partition coefficient (Wildman–Crippen LogP) is 4.96. The van der Waals surface area contributed by atoms with E-state index in [4.69, 9.17) is 0 Å². The standard InChI is InChI=1S/C19H23F3N4S/c20-19(21,22)27-25-10-15-3-1-2-4-18(15)26(11-16-9-23-13-24-16)17(12-25)8-7-14-5-6-14/h1-4,9,13-14,17H,5-8,10-12H2,(H,23,24). The van der Waals surface area contributed by atoms with Crippen molar-refractivity contribution in [3.8, 4) is 0 Å². The van der Waals surface area contributed by atoms with E-state index >= 15 is 0 Å². The number of alkyl halides is 3. The zero-order valence-electron chi connectivity index (χ0n) is 15.0. The van der Waals surface area contributed by atoms with Crippen molar-refractivity contribution in [2.45, 2.75) is 50.3 Å². The normalized spacial score (nSPS) is 21.1. The fraction of sp³-hybridized carbons (Fsp3) is 0.526. The zero-order chi connectivity index (χ0) is 18.9. The first-order chi connectivity index (χ1) is 13.0.